The normalized spacial score (nSPS) is 18.4. The number of fused-ring (bicyclic) bond motifs is 2. The number of para-hydroxylation sites is 1. The van der Waals surface area contributed by atoms with Gasteiger partial charge in [0.25, 0.3) is 0 Å². The second-order valence-corrected chi connectivity index (χ2v) is 6.90. The number of benzene rings is 1. The van der Waals surface area contributed by atoms with Gasteiger partial charge in [0.15, 0.2) is 0 Å². The van der Waals surface area contributed by atoms with Crippen molar-refractivity contribution in [2.45, 2.75) is 38.3 Å². The largest absolute Gasteiger partial charge is 0.481 e. The molecular formula is C19H20N4O4. The fourth-order valence-electron chi connectivity index (χ4n) is 3.72. The van der Waals surface area contributed by atoms with Gasteiger partial charge in [-0.05, 0) is 17.7 Å². The van der Waals surface area contributed by atoms with E-state index in [1.165, 1.54) is 0 Å². The molecule has 0 unspecified atom stereocenters. The standard InChI is InChI=1S/C19H20N4O4/c24-17-10-15(14-3-1-2-4-16(14)20-17)19(27)22-7-8-23-13(11-22)9-12(21-23)5-6-18(25)26/h1-4,9,15H,5-8,10-11H2,(H,20,24)(H,25,26)/t15-/m0/s1. The molecule has 0 saturated heterocycles. The molecule has 1 aromatic carbocycles. The van der Waals surface area contributed by atoms with Crippen LogP contribution in [0.1, 0.15) is 35.7 Å². The van der Waals surface area contributed by atoms with Gasteiger partial charge in [0, 0.05) is 25.1 Å². The van der Waals surface area contributed by atoms with E-state index in [9.17, 15) is 14.4 Å². The highest BCUT2D eigenvalue weighted by atomic mass is 16.4. The number of nitrogens with zero attached hydrogens (tertiary/aromatic N) is 3. The van der Waals surface area contributed by atoms with E-state index in [1.54, 1.807) is 4.90 Å². The number of carboxylic acid groups (broad SMARTS) is 1. The maximum absolute atomic E-state index is 13.1. The van der Waals surface area contributed by atoms with Crippen LogP contribution in [0, 0.1) is 0 Å². The van der Waals surface area contributed by atoms with Crippen molar-refractivity contribution in [1.29, 1.82) is 0 Å². The Labute approximate surface area is 155 Å². The number of carbonyl (C=O) groups is 3. The lowest BCUT2D eigenvalue weighted by atomic mass is 9.89. The monoisotopic (exact) mass is 368 g/mol. The van der Waals surface area contributed by atoms with E-state index in [1.807, 2.05) is 35.0 Å². The van der Waals surface area contributed by atoms with Crippen molar-refractivity contribution >= 4 is 23.5 Å². The summed E-state index contributed by atoms with van der Waals surface area (Å²) in [4.78, 5) is 37.6. The van der Waals surface area contributed by atoms with Crippen LogP contribution in [0.25, 0.3) is 0 Å². The van der Waals surface area contributed by atoms with Crippen molar-refractivity contribution in [3.63, 3.8) is 0 Å². The average Bonchev–Trinajstić information content (AvgIpc) is 3.07. The SMILES string of the molecule is O=C(O)CCc1cc2n(n1)CCN(C(=O)[C@H]1CC(=O)Nc3ccccc31)C2. The van der Waals surface area contributed by atoms with Gasteiger partial charge in [-0.1, -0.05) is 18.2 Å². The number of aliphatic carboxylic acids is 1. The fraction of sp³-hybridized carbons (Fsp3) is 0.368. The van der Waals surface area contributed by atoms with E-state index in [4.69, 9.17) is 5.11 Å². The topological polar surface area (TPSA) is 105 Å². The molecule has 3 heterocycles. The van der Waals surface area contributed by atoms with Crippen molar-refractivity contribution in [3.8, 4) is 0 Å². The maximum atomic E-state index is 13.1. The number of carboxylic acids is 1. The van der Waals surface area contributed by atoms with Gasteiger partial charge < -0.3 is 15.3 Å². The first kappa shape index (κ1) is 17.3. The Kier molecular flexibility index (Phi) is 4.39. The van der Waals surface area contributed by atoms with Gasteiger partial charge in [-0.2, -0.15) is 5.10 Å². The van der Waals surface area contributed by atoms with E-state index in [0.29, 0.717) is 31.7 Å². The molecule has 0 spiro atoms. The van der Waals surface area contributed by atoms with Crippen LogP contribution in [0.4, 0.5) is 5.69 Å². The summed E-state index contributed by atoms with van der Waals surface area (Å²) >= 11 is 0. The number of carbonyl (C=O) groups excluding carboxylic acids is 2. The molecule has 2 N–H and O–H groups in total. The van der Waals surface area contributed by atoms with E-state index in [2.05, 4.69) is 10.4 Å². The summed E-state index contributed by atoms with van der Waals surface area (Å²) in [6.45, 7) is 1.50. The summed E-state index contributed by atoms with van der Waals surface area (Å²) in [6.07, 6.45) is 0.558. The Hall–Kier alpha value is -3.16. The van der Waals surface area contributed by atoms with Gasteiger partial charge in [-0.3, -0.25) is 19.1 Å². The molecule has 0 radical (unpaired) electrons. The number of anilines is 1. The third-order valence-corrected chi connectivity index (χ3v) is 5.05. The summed E-state index contributed by atoms with van der Waals surface area (Å²) in [5.74, 6) is -1.54. The number of aryl methyl sites for hydroxylation is 1. The lowest BCUT2D eigenvalue weighted by molar-refractivity contribution is -0.137. The second kappa shape index (κ2) is 6.86. The number of rotatable bonds is 4. The van der Waals surface area contributed by atoms with Crippen molar-refractivity contribution in [1.82, 2.24) is 14.7 Å². The molecule has 0 fully saturated rings. The number of amides is 2. The van der Waals surface area contributed by atoms with Crippen LogP contribution in [0.5, 0.6) is 0 Å². The number of hydrogen-bond donors (Lipinski definition) is 2. The maximum Gasteiger partial charge on any atom is 0.303 e. The van der Waals surface area contributed by atoms with E-state index >= 15 is 0 Å². The molecule has 1 aromatic heterocycles. The first-order valence-electron chi connectivity index (χ1n) is 8.96. The average molecular weight is 368 g/mol. The predicted octanol–water partition coefficient (Wildman–Crippen LogP) is 1.37. The third kappa shape index (κ3) is 3.42. The first-order chi connectivity index (χ1) is 13.0. The molecular weight excluding hydrogens is 348 g/mol. The van der Waals surface area contributed by atoms with Crippen LogP contribution in [0.3, 0.4) is 0 Å². The third-order valence-electron chi connectivity index (χ3n) is 5.05. The Bertz CT molecular complexity index is 920. The molecule has 0 saturated carbocycles. The smallest absolute Gasteiger partial charge is 0.303 e. The molecule has 2 amide bonds. The fourth-order valence-corrected chi connectivity index (χ4v) is 3.72. The molecule has 8 heteroatoms. The summed E-state index contributed by atoms with van der Waals surface area (Å²) < 4.78 is 1.84. The lowest BCUT2D eigenvalue weighted by Crippen LogP contribution is -2.42. The summed E-state index contributed by atoms with van der Waals surface area (Å²) in [5, 5.41) is 16.1. The highest BCUT2D eigenvalue weighted by molar-refractivity contribution is 6.01. The van der Waals surface area contributed by atoms with Crippen LogP contribution in [0.15, 0.2) is 30.3 Å². The Morgan fingerprint density at radius 3 is 2.89 bits per heavy atom. The zero-order valence-electron chi connectivity index (χ0n) is 14.7. The molecule has 2 aliphatic heterocycles. The van der Waals surface area contributed by atoms with E-state index < -0.39 is 11.9 Å². The summed E-state index contributed by atoms with van der Waals surface area (Å²) in [6, 6.07) is 9.27. The summed E-state index contributed by atoms with van der Waals surface area (Å²) in [5.41, 5.74) is 3.17. The van der Waals surface area contributed by atoms with Gasteiger partial charge in [-0.15, -0.1) is 0 Å². The van der Waals surface area contributed by atoms with Crippen molar-refractivity contribution < 1.29 is 19.5 Å². The molecule has 4 rings (SSSR count). The first-order valence-corrected chi connectivity index (χ1v) is 8.96. The van der Waals surface area contributed by atoms with Gasteiger partial charge in [0.2, 0.25) is 11.8 Å². The molecule has 140 valence electrons. The molecule has 0 aliphatic carbocycles. The van der Waals surface area contributed by atoms with Crippen LogP contribution in [0.2, 0.25) is 0 Å². The molecule has 1 atom stereocenters. The molecule has 0 bridgehead atoms. The van der Waals surface area contributed by atoms with Gasteiger partial charge >= 0.3 is 5.97 Å². The zero-order chi connectivity index (χ0) is 19.0. The predicted molar refractivity (Wildman–Crippen MR) is 96.0 cm³/mol. The lowest BCUT2D eigenvalue weighted by Gasteiger charge is -2.33. The molecule has 27 heavy (non-hydrogen) atoms. The number of nitrogens with one attached hydrogen (secondary N) is 1. The number of hydrogen-bond acceptors (Lipinski definition) is 4. The Morgan fingerprint density at radius 2 is 2.07 bits per heavy atom. The van der Waals surface area contributed by atoms with Crippen LogP contribution in [-0.2, 0) is 33.9 Å². The zero-order valence-corrected chi connectivity index (χ0v) is 14.7. The van der Waals surface area contributed by atoms with E-state index in [0.717, 1.165) is 17.0 Å². The van der Waals surface area contributed by atoms with Crippen LogP contribution >= 0.6 is 0 Å². The Morgan fingerprint density at radius 1 is 1.26 bits per heavy atom. The highest BCUT2D eigenvalue weighted by Gasteiger charge is 2.34. The van der Waals surface area contributed by atoms with Crippen LogP contribution < -0.4 is 5.32 Å². The highest BCUT2D eigenvalue weighted by Crippen LogP contribution is 2.34. The van der Waals surface area contributed by atoms with Gasteiger partial charge in [-0.25, -0.2) is 0 Å². The van der Waals surface area contributed by atoms with Gasteiger partial charge in [0.05, 0.1) is 36.8 Å². The number of aromatic nitrogens is 2. The van der Waals surface area contributed by atoms with Crippen molar-refractivity contribution in [2.75, 3.05) is 11.9 Å². The van der Waals surface area contributed by atoms with Gasteiger partial charge in [0.1, 0.15) is 0 Å². The quantitative estimate of drug-likeness (QED) is 0.848. The minimum atomic E-state index is -0.855. The molecule has 8 nitrogen and oxygen atoms in total. The van der Waals surface area contributed by atoms with Crippen molar-refractivity contribution in [2.24, 2.45) is 0 Å². The summed E-state index contributed by atoms with van der Waals surface area (Å²) in [7, 11) is 0. The van der Waals surface area contributed by atoms with Crippen molar-refractivity contribution in [3.05, 3.63) is 47.3 Å². The molecule has 2 aromatic rings. The minimum Gasteiger partial charge on any atom is -0.481 e. The second-order valence-electron chi connectivity index (χ2n) is 6.90. The minimum absolute atomic E-state index is 0.0348. The van der Waals surface area contributed by atoms with E-state index in [-0.39, 0.29) is 24.7 Å². The Balaban J connectivity index is 1.51. The molecule has 2 aliphatic rings. The van der Waals surface area contributed by atoms with Crippen LogP contribution in [-0.4, -0.2) is 44.1 Å².